The first kappa shape index (κ1) is 10.5. The van der Waals surface area contributed by atoms with Crippen LogP contribution in [0, 0.1) is 22.7 Å². The third-order valence-electron chi connectivity index (χ3n) is 2.04. The van der Waals surface area contributed by atoms with Crippen molar-refractivity contribution in [3.8, 4) is 17.9 Å². The number of benzene rings is 1. The van der Waals surface area contributed by atoms with E-state index in [9.17, 15) is 5.11 Å². The zero-order valence-corrected chi connectivity index (χ0v) is 8.51. The quantitative estimate of drug-likeness (QED) is 0.693. The average Bonchev–Trinajstić information content (AvgIpc) is 2.81. The fourth-order valence-corrected chi connectivity index (χ4v) is 1.25. The molecule has 6 heteroatoms. The lowest BCUT2D eigenvalue weighted by Gasteiger charge is -2.02. The predicted octanol–water partition coefficient (Wildman–Crippen LogP) is 0.932. The van der Waals surface area contributed by atoms with Crippen LogP contribution in [0.2, 0.25) is 0 Å². The Morgan fingerprint density at radius 2 is 2.00 bits per heavy atom. The highest BCUT2D eigenvalue weighted by Crippen LogP contribution is 2.21. The summed E-state index contributed by atoms with van der Waals surface area (Å²) in [5.74, 6) is 0.0825. The first-order chi connectivity index (χ1) is 8.26. The van der Waals surface area contributed by atoms with E-state index < -0.39 is 0 Å². The van der Waals surface area contributed by atoms with Crippen LogP contribution < -0.4 is 5.43 Å². The summed E-state index contributed by atoms with van der Waals surface area (Å²) < 4.78 is 5.19. The summed E-state index contributed by atoms with van der Waals surface area (Å²) in [7, 11) is 0. The van der Waals surface area contributed by atoms with Gasteiger partial charge in [0, 0.05) is 0 Å². The highest BCUT2D eigenvalue weighted by Gasteiger charge is 2.21. The lowest BCUT2D eigenvalue weighted by Crippen LogP contribution is -2.04. The van der Waals surface area contributed by atoms with Crippen molar-refractivity contribution >= 4 is 5.90 Å². The standard InChI is InChI=1S/C11H6N4O2/c12-5-7(6-13)10-14-15-11(17-10)8-3-1-2-4-9(8)16/h1-4,14,16H. The molecule has 1 aromatic carbocycles. The van der Waals surface area contributed by atoms with Gasteiger partial charge < -0.3 is 9.84 Å². The van der Waals surface area contributed by atoms with Gasteiger partial charge >= 0.3 is 0 Å². The summed E-state index contributed by atoms with van der Waals surface area (Å²) >= 11 is 0. The number of phenolic OH excluding ortho intramolecular Hbond substituents is 1. The van der Waals surface area contributed by atoms with Gasteiger partial charge in [0.25, 0.3) is 0 Å². The van der Waals surface area contributed by atoms with Crippen LogP contribution in [0.4, 0.5) is 0 Å². The molecular weight excluding hydrogens is 220 g/mol. The molecule has 0 aromatic heterocycles. The molecule has 2 N–H and O–H groups in total. The average molecular weight is 226 g/mol. The van der Waals surface area contributed by atoms with Gasteiger partial charge in [0.15, 0.2) is 5.57 Å². The predicted molar refractivity (Wildman–Crippen MR) is 57.1 cm³/mol. The number of rotatable bonds is 1. The number of nitrogens with one attached hydrogen (secondary N) is 1. The minimum Gasteiger partial charge on any atom is -0.507 e. The van der Waals surface area contributed by atoms with Gasteiger partial charge in [-0.15, -0.1) is 5.10 Å². The maximum absolute atomic E-state index is 9.58. The number of phenols is 1. The third-order valence-corrected chi connectivity index (χ3v) is 2.04. The van der Waals surface area contributed by atoms with Crippen molar-refractivity contribution in [3.05, 3.63) is 41.3 Å². The number of hydrazone groups is 1. The van der Waals surface area contributed by atoms with Crippen molar-refractivity contribution in [1.29, 1.82) is 10.5 Å². The van der Waals surface area contributed by atoms with Crippen molar-refractivity contribution < 1.29 is 9.84 Å². The number of nitrogens with zero attached hydrogens (tertiary/aromatic N) is 3. The van der Waals surface area contributed by atoms with Crippen LogP contribution in [0.5, 0.6) is 5.75 Å². The second-order valence-corrected chi connectivity index (χ2v) is 3.08. The van der Waals surface area contributed by atoms with E-state index in [0.717, 1.165) is 0 Å². The lowest BCUT2D eigenvalue weighted by molar-refractivity contribution is 0.410. The number of nitriles is 2. The van der Waals surface area contributed by atoms with E-state index in [0.29, 0.717) is 5.56 Å². The van der Waals surface area contributed by atoms with Crippen LogP contribution >= 0.6 is 0 Å². The van der Waals surface area contributed by atoms with E-state index >= 15 is 0 Å². The largest absolute Gasteiger partial charge is 0.507 e. The third kappa shape index (κ3) is 1.87. The van der Waals surface area contributed by atoms with E-state index in [-0.39, 0.29) is 23.1 Å². The van der Waals surface area contributed by atoms with Crippen LogP contribution in [0.3, 0.4) is 0 Å². The number of hydrogen-bond acceptors (Lipinski definition) is 6. The lowest BCUT2D eigenvalue weighted by atomic mass is 10.2. The van der Waals surface area contributed by atoms with Gasteiger partial charge in [-0.05, 0) is 12.1 Å². The Kier molecular flexibility index (Phi) is 2.63. The maximum atomic E-state index is 9.58. The molecule has 82 valence electrons. The molecule has 0 fully saturated rings. The van der Waals surface area contributed by atoms with Gasteiger partial charge in [-0.1, -0.05) is 12.1 Å². The van der Waals surface area contributed by atoms with Crippen molar-refractivity contribution in [2.75, 3.05) is 0 Å². The van der Waals surface area contributed by atoms with Crippen molar-refractivity contribution in [2.45, 2.75) is 0 Å². The summed E-state index contributed by atoms with van der Waals surface area (Å²) in [5, 5.41) is 30.7. The molecule has 1 aliphatic heterocycles. The minimum atomic E-state index is -0.209. The van der Waals surface area contributed by atoms with E-state index in [1.807, 2.05) is 0 Å². The summed E-state index contributed by atoms with van der Waals surface area (Å²) in [6.07, 6.45) is 0. The van der Waals surface area contributed by atoms with Crippen LogP contribution in [-0.2, 0) is 4.74 Å². The molecule has 0 aliphatic carbocycles. The molecule has 1 aliphatic rings. The van der Waals surface area contributed by atoms with E-state index in [2.05, 4.69) is 10.5 Å². The number of aromatic hydroxyl groups is 1. The Bertz CT molecular complexity index is 589. The van der Waals surface area contributed by atoms with E-state index in [4.69, 9.17) is 15.3 Å². The summed E-state index contributed by atoms with van der Waals surface area (Å²) in [5.41, 5.74) is 2.59. The molecule has 0 radical (unpaired) electrons. The van der Waals surface area contributed by atoms with Crippen LogP contribution in [0.1, 0.15) is 5.56 Å². The topological polar surface area (TPSA) is 101 Å². The van der Waals surface area contributed by atoms with Crippen LogP contribution in [0.25, 0.3) is 0 Å². The SMILES string of the molecule is N#CC(C#N)=C1NN=C(c2ccccc2O)O1. The van der Waals surface area contributed by atoms with Crippen LogP contribution in [-0.4, -0.2) is 11.0 Å². The van der Waals surface area contributed by atoms with E-state index in [1.54, 1.807) is 30.3 Å². The zero-order chi connectivity index (χ0) is 12.3. The highest BCUT2D eigenvalue weighted by molar-refractivity contribution is 5.98. The number of ether oxygens (including phenoxy) is 1. The molecule has 2 rings (SSSR count). The number of para-hydroxylation sites is 1. The Labute approximate surface area is 96.7 Å². The Hall–Kier alpha value is -2.99. The Morgan fingerprint density at radius 3 is 2.65 bits per heavy atom. The molecule has 17 heavy (non-hydrogen) atoms. The van der Waals surface area contributed by atoms with Gasteiger partial charge in [-0.25, -0.2) is 5.43 Å². The second kappa shape index (κ2) is 4.25. The van der Waals surface area contributed by atoms with Gasteiger partial charge in [0.1, 0.15) is 17.9 Å². The molecule has 0 atom stereocenters. The van der Waals surface area contributed by atoms with Crippen LogP contribution in [0.15, 0.2) is 40.8 Å². The Morgan fingerprint density at radius 1 is 1.29 bits per heavy atom. The molecule has 0 saturated carbocycles. The Balaban J connectivity index is 2.32. The molecule has 0 unspecified atom stereocenters. The zero-order valence-electron chi connectivity index (χ0n) is 8.51. The second-order valence-electron chi connectivity index (χ2n) is 3.08. The molecule has 1 aromatic rings. The fourth-order valence-electron chi connectivity index (χ4n) is 1.25. The normalized spacial score (nSPS) is 12.8. The molecule has 0 spiro atoms. The summed E-state index contributed by atoms with van der Waals surface area (Å²) in [4.78, 5) is 0. The van der Waals surface area contributed by atoms with Gasteiger partial charge in [-0.2, -0.15) is 10.5 Å². The number of hydrogen-bond donors (Lipinski definition) is 2. The van der Waals surface area contributed by atoms with Crippen molar-refractivity contribution in [3.63, 3.8) is 0 Å². The molecule has 1 heterocycles. The van der Waals surface area contributed by atoms with E-state index in [1.165, 1.54) is 6.07 Å². The summed E-state index contributed by atoms with van der Waals surface area (Å²) in [6, 6.07) is 9.81. The summed E-state index contributed by atoms with van der Waals surface area (Å²) in [6.45, 7) is 0. The molecule has 0 amide bonds. The van der Waals surface area contributed by atoms with Gasteiger partial charge in [-0.3, -0.25) is 0 Å². The number of allylic oxidation sites excluding steroid dienone is 1. The molecule has 0 saturated heterocycles. The van der Waals surface area contributed by atoms with Gasteiger partial charge in [0.2, 0.25) is 11.8 Å². The van der Waals surface area contributed by atoms with Crippen molar-refractivity contribution in [1.82, 2.24) is 5.43 Å². The smallest absolute Gasteiger partial charge is 0.249 e. The van der Waals surface area contributed by atoms with Gasteiger partial charge in [0.05, 0.1) is 5.56 Å². The monoisotopic (exact) mass is 226 g/mol. The maximum Gasteiger partial charge on any atom is 0.249 e. The first-order valence-electron chi connectivity index (χ1n) is 4.60. The molecular formula is C11H6N4O2. The highest BCUT2D eigenvalue weighted by atomic mass is 16.5. The minimum absolute atomic E-state index is 0.00441. The first-order valence-corrected chi connectivity index (χ1v) is 4.60. The fraction of sp³-hybridized carbons (Fsp3) is 0. The molecule has 0 bridgehead atoms. The molecule has 6 nitrogen and oxygen atoms in total. The van der Waals surface area contributed by atoms with Crippen molar-refractivity contribution in [2.24, 2.45) is 5.10 Å².